The number of amides is 2. The van der Waals surface area contributed by atoms with Gasteiger partial charge in [0.2, 0.25) is 5.91 Å². The van der Waals surface area contributed by atoms with E-state index in [-0.39, 0.29) is 43.0 Å². The van der Waals surface area contributed by atoms with Crippen molar-refractivity contribution in [2.75, 3.05) is 26.2 Å². The van der Waals surface area contributed by atoms with Crippen LogP contribution in [0, 0.1) is 10.8 Å². The molecule has 3 N–H and O–H groups in total. The third-order valence-corrected chi connectivity index (χ3v) is 7.39. The summed E-state index contributed by atoms with van der Waals surface area (Å²) in [7, 11) is 0. The summed E-state index contributed by atoms with van der Waals surface area (Å²) in [4.78, 5) is 52.7. The molecule has 46 heavy (non-hydrogen) atoms. The van der Waals surface area contributed by atoms with Gasteiger partial charge in [-0.2, -0.15) is 0 Å². The van der Waals surface area contributed by atoms with E-state index in [2.05, 4.69) is 10.6 Å². The van der Waals surface area contributed by atoms with E-state index in [1.807, 2.05) is 32.0 Å². The van der Waals surface area contributed by atoms with E-state index in [4.69, 9.17) is 14.2 Å². The molecule has 2 aromatic carbocycles. The molecule has 1 saturated heterocycles. The standard InChI is InChI=1S/C35H49N3O8/c1-33(2,3)31(42)45-25-17-23(18-26(19-25)46-32(43)34(4,5)6)28(39)20-37-35(7,8)22-36-30(41)27-15-12-16-38(27)29(40)21-44-24-13-10-9-11-14-24/h9-11,13-14,17-19,27-28,37,39H,12,15-16,20-22H2,1-8H3,(H,36,41). The fourth-order valence-electron chi connectivity index (χ4n) is 4.49. The van der Waals surface area contributed by atoms with Crippen LogP contribution in [-0.4, -0.2) is 71.6 Å². The van der Waals surface area contributed by atoms with Gasteiger partial charge in [0.25, 0.3) is 5.91 Å². The number of nitrogens with one attached hydrogen (secondary N) is 2. The number of esters is 2. The molecule has 11 nitrogen and oxygen atoms in total. The monoisotopic (exact) mass is 639 g/mol. The molecule has 2 atom stereocenters. The van der Waals surface area contributed by atoms with Gasteiger partial charge in [-0.25, -0.2) is 0 Å². The molecule has 2 amide bonds. The van der Waals surface area contributed by atoms with E-state index in [0.717, 1.165) is 6.42 Å². The first-order valence-electron chi connectivity index (χ1n) is 15.6. The van der Waals surface area contributed by atoms with Gasteiger partial charge in [0, 0.05) is 31.2 Å². The highest BCUT2D eigenvalue weighted by Crippen LogP contribution is 2.30. The minimum atomic E-state index is -1.07. The molecular weight excluding hydrogens is 590 g/mol. The number of rotatable bonds is 12. The minimum absolute atomic E-state index is 0.0804. The molecule has 3 rings (SSSR count). The predicted octanol–water partition coefficient (Wildman–Crippen LogP) is 4.18. The van der Waals surface area contributed by atoms with Crippen LogP contribution < -0.4 is 24.8 Å². The van der Waals surface area contributed by atoms with Crippen molar-refractivity contribution < 1.29 is 38.5 Å². The summed E-state index contributed by atoms with van der Waals surface area (Å²) < 4.78 is 16.7. The Labute approximate surface area is 272 Å². The van der Waals surface area contributed by atoms with Gasteiger partial charge in [0.05, 0.1) is 16.9 Å². The number of β-amino-alcohol motifs (C(OH)–C–C–N with tert-alkyl or cyclic N) is 1. The van der Waals surface area contributed by atoms with Crippen LogP contribution in [0.4, 0.5) is 0 Å². The van der Waals surface area contributed by atoms with Crippen LogP contribution in [0.5, 0.6) is 17.2 Å². The molecule has 11 heteroatoms. The van der Waals surface area contributed by atoms with Gasteiger partial charge >= 0.3 is 11.9 Å². The number of hydrogen-bond acceptors (Lipinski definition) is 9. The molecule has 2 unspecified atom stereocenters. The molecule has 0 radical (unpaired) electrons. The molecule has 0 aliphatic carbocycles. The fraction of sp³-hybridized carbons (Fsp3) is 0.543. The van der Waals surface area contributed by atoms with Gasteiger partial charge < -0.3 is 34.9 Å². The topological polar surface area (TPSA) is 144 Å². The summed E-state index contributed by atoms with van der Waals surface area (Å²) in [5.74, 6) is -0.577. The highest BCUT2D eigenvalue weighted by molar-refractivity contribution is 5.88. The number of nitrogens with zero attached hydrogens (tertiary/aromatic N) is 1. The number of aliphatic hydroxyl groups is 1. The van der Waals surface area contributed by atoms with Crippen molar-refractivity contribution >= 4 is 23.8 Å². The van der Waals surface area contributed by atoms with Gasteiger partial charge in [0.1, 0.15) is 23.3 Å². The lowest BCUT2D eigenvalue weighted by Gasteiger charge is -2.30. The molecule has 1 heterocycles. The Hall–Kier alpha value is -3.96. The van der Waals surface area contributed by atoms with Crippen molar-refractivity contribution in [2.45, 2.75) is 85.9 Å². The lowest BCUT2D eigenvalue weighted by molar-refractivity contribution is -0.143. The number of aliphatic hydroxyl groups excluding tert-OH is 1. The summed E-state index contributed by atoms with van der Waals surface area (Å²) in [5, 5.41) is 17.3. The quantitative estimate of drug-likeness (QED) is 0.230. The SMILES string of the molecule is CC(C)(CNC(=O)C1CCCN1C(=O)COc1ccccc1)NCC(O)c1cc(OC(=O)C(C)(C)C)cc(OC(=O)C(C)(C)C)c1. The highest BCUT2D eigenvalue weighted by Gasteiger charge is 2.35. The number of benzene rings is 2. The first-order chi connectivity index (χ1) is 21.4. The largest absolute Gasteiger partial charge is 0.484 e. The van der Waals surface area contributed by atoms with Crippen molar-refractivity contribution in [2.24, 2.45) is 10.8 Å². The molecule has 2 aromatic rings. The zero-order valence-electron chi connectivity index (χ0n) is 28.3. The highest BCUT2D eigenvalue weighted by atomic mass is 16.5. The van der Waals surface area contributed by atoms with E-state index in [1.54, 1.807) is 58.6 Å². The minimum Gasteiger partial charge on any atom is -0.484 e. The van der Waals surface area contributed by atoms with Crippen molar-refractivity contribution in [1.82, 2.24) is 15.5 Å². The third kappa shape index (κ3) is 10.8. The maximum Gasteiger partial charge on any atom is 0.316 e. The lowest BCUT2D eigenvalue weighted by atomic mass is 9.97. The summed E-state index contributed by atoms with van der Waals surface area (Å²) >= 11 is 0. The summed E-state index contributed by atoms with van der Waals surface area (Å²) in [6.45, 7) is 14.8. The van der Waals surface area contributed by atoms with Crippen molar-refractivity contribution in [3.8, 4) is 17.2 Å². The van der Waals surface area contributed by atoms with Crippen molar-refractivity contribution in [3.63, 3.8) is 0 Å². The number of hydrogen-bond donors (Lipinski definition) is 3. The Kier molecular flexibility index (Phi) is 12.0. The average molecular weight is 640 g/mol. The molecule has 1 fully saturated rings. The first-order valence-corrected chi connectivity index (χ1v) is 15.6. The van der Waals surface area contributed by atoms with Crippen LogP contribution in [0.15, 0.2) is 48.5 Å². The Morgan fingerprint density at radius 1 is 0.870 bits per heavy atom. The smallest absolute Gasteiger partial charge is 0.316 e. The predicted molar refractivity (Wildman–Crippen MR) is 173 cm³/mol. The second-order valence-corrected chi connectivity index (χ2v) is 14.4. The number of ether oxygens (including phenoxy) is 3. The number of para-hydroxylation sites is 1. The van der Waals surface area contributed by atoms with Gasteiger partial charge in [-0.1, -0.05) is 18.2 Å². The van der Waals surface area contributed by atoms with Crippen LogP contribution in [0.1, 0.15) is 79.9 Å². The zero-order chi connectivity index (χ0) is 34.3. The van der Waals surface area contributed by atoms with Crippen LogP contribution in [0.3, 0.4) is 0 Å². The molecular formula is C35H49N3O8. The second kappa shape index (κ2) is 15.1. The Balaban J connectivity index is 1.61. The molecule has 252 valence electrons. The van der Waals surface area contributed by atoms with E-state index in [1.165, 1.54) is 18.2 Å². The Morgan fingerprint density at radius 2 is 1.43 bits per heavy atom. The van der Waals surface area contributed by atoms with Crippen LogP contribution >= 0.6 is 0 Å². The van der Waals surface area contributed by atoms with E-state index in [0.29, 0.717) is 24.3 Å². The lowest BCUT2D eigenvalue weighted by Crippen LogP contribution is -2.54. The molecule has 0 bridgehead atoms. The fourth-order valence-corrected chi connectivity index (χ4v) is 4.49. The zero-order valence-corrected chi connectivity index (χ0v) is 28.3. The van der Waals surface area contributed by atoms with E-state index >= 15 is 0 Å². The van der Waals surface area contributed by atoms with E-state index in [9.17, 15) is 24.3 Å². The Bertz CT molecular complexity index is 1330. The number of likely N-dealkylation sites (tertiary alicyclic amines) is 1. The molecule has 0 aromatic heterocycles. The van der Waals surface area contributed by atoms with Crippen LogP contribution in [0.2, 0.25) is 0 Å². The summed E-state index contributed by atoms with van der Waals surface area (Å²) in [6.07, 6.45) is 0.219. The van der Waals surface area contributed by atoms with Crippen LogP contribution in [0.25, 0.3) is 0 Å². The molecule has 0 saturated carbocycles. The van der Waals surface area contributed by atoms with E-state index < -0.39 is 40.5 Å². The third-order valence-electron chi connectivity index (χ3n) is 7.39. The Morgan fingerprint density at radius 3 is 1.98 bits per heavy atom. The molecule has 1 aliphatic rings. The van der Waals surface area contributed by atoms with Crippen molar-refractivity contribution in [3.05, 3.63) is 54.1 Å². The van der Waals surface area contributed by atoms with Crippen molar-refractivity contribution in [1.29, 1.82) is 0 Å². The molecule has 0 spiro atoms. The van der Waals surface area contributed by atoms with Gasteiger partial charge in [-0.05, 0) is 98.1 Å². The maximum absolute atomic E-state index is 13.1. The van der Waals surface area contributed by atoms with Crippen LogP contribution in [-0.2, 0) is 19.2 Å². The number of carbonyl (C=O) groups excluding carboxylic acids is 4. The molecule has 1 aliphatic heterocycles. The van der Waals surface area contributed by atoms with Gasteiger partial charge in [-0.3, -0.25) is 19.2 Å². The summed E-state index contributed by atoms with van der Waals surface area (Å²) in [6, 6.07) is 13.0. The first kappa shape index (κ1) is 36.5. The second-order valence-electron chi connectivity index (χ2n) is 14.4. The van der Waals surface area contributed by atoms with Gasteiger partial charge in [0.15, 0.2) is 6.61 Å². The average Bonchev–Trinajstić information content (AvgIpc) is 3.47. The normalized spacial score (nSPS) is 16.0. The maximum atomic E-state index is 13.1. The summed E-state index contributed by atoms with van der Waals surface area (Å²) in [5.41, 5.74) is -1.81. The number of carbonyl (C=O) groups is 4. The van der Waals surface area contributed by atoms with Gasteiger partial charge in [-0.15, -0.1) is 0 Å².